The van der Waals surface area contributed by atoms with E-state index in [1.807, 2.05) is 6.92 Å². The number of aliphatic hydroxyl groups excluding tert-OH is 1. The van der Waals surface area contributed by atoms with Crippen LogP contribution >= 0.6 is 0 Å². The molecular formula is C13H26O4. The molecule has 0 spiro atoms. The molecule has 102 valence electrons. The highest BCUT2D eigenvalue weighted by atomic mass is 16.4. The molecule has 4 nitrogen and oxygen atoms in total. The van der Waals surface area contributed by atoms with Crippen molar-refractivity contribution in [1.29, 1.82) is 0 Å². The van der Waals surface area contributed by atoms with Crippen LogP contribution in [-0.2, 0) is 4.79 Å². The van der Waals surface area contributed by atoms with Gasteiger partial charge < -0.3 is 15.3 Å². The summed E-state index contributed by atoms with van der Waals surface area (Å²) < 4.78 is 0. The van der Waals surface area contributed by atoms with E-state index in [0.717, 1.165) is 12.8 Å². The van der Waals surface area contributed by atoms with Gasteiger partial charge in [-0.2, -0.15) is 0 Å². The Bertz CT molecular complexity index is 238. The molecule has 0 bridgehead atoms. The third kappa shape index (κ3) is 15.1. The SMILES string of the molecule is CC=C(C)C(=O)O.CCCC(O)CC(C)(C)O. The van der Waals surface area contributed by atoms with Crippen LogP contribution in [0.4, 0.5) is 0 Å². The first kappa shape index (κ1) is 18.5. The molecule has 4 heteroatoms. The van der Waals surface area contributed by atoms with Gasteiger partial charge in [-0.1, -0.05) is 19.4 Å². The van der Waals surface area contributed by atoms with Gasteiger partial charge in [0.15, 0.2) is 0 Å². The van der Waals surface area contributed by atoms with Gasteiger partial charge in [-0.05, 0) is 34.1 Å². The number of aliphatic hydroxyl groups is 2. The number of carboxylic acid groups (broad SMARTS) is 1. The normalized spacial score (nSPS) is 13.7. The van der Waals surface area contributed by atoms with Crippen LogP contribution in [0, 0.1) is 0 Å². The minimum absolute atomic E-state index is 0.343. The molecule has 0 aromatic heterocycles. The molecule has 0 aliphatic rings. The smallest absolute Gasteiger partial charge is 0.330 e. The van der Waals surface area contributed by atoms with E-state index in [-0.39, 0.29) is 6.10 Å². The van der Waals surface area contributed by atoms with E-state index in [9.17, 15) is 15.0 Å². The molecule has 0 aromatic rings. The van der Waals surface area contributed by atoms with Crippen LogP contribution in [0.1, 0.15) is 53.9 Å². The van der Waals surface area contributed by atoms with E-state index < -0.39 is 11.6 Å². The first-order valence-electron chi connectivity index (χ1n) is 5.90. The van der Waals surface area contributed by atoms with Gasteiger partial charge in [0.1, 0.15) is 0 Å². The van der Waals surface area contributed by atoms with Gasteiger partial charge in [0.2, 0.25) is 0 Å². The van der Waals surface area contributed by atoms with Crippen molar-refractivity contribution in [1.82, 2.24) is 0 Å². The number of aliphatic carboxylic acids is 1. The summed E-state index contributed by atoms with van der Waals surface area (Å²) in [5.74, 6) is -0.845. The molecule has 0 aliphatic carbocycles. The predicted octanol–water partition coefficient (Wildman–Crippen LogP) is 2.35. The maximum Gasteiger partial charge on any atom is 0.330 e. The second-order valence-electron chi connectivity index (χ2n) is 4.74. The van der Waals surface area contributed by atoms with Crippen molar-refractivity contribution >= 4 is 5.97 Å². The van der Waals surface area contributed by atoms with Gasteiger partial charge in [-0.25, -0.2) is 4.79 Å². The Morgan fingerprint density at radius 1 is 1.41 bits per heavy atom. The van der Waals surface area contributed by atoms with E-state index in [0.29, 0.717) is 12.0 Å². The first-order valence-corrected chi connectivity index (χ1v) is 5.90. The summed E-state index contributed by atoms with van der Waals surface area (Å²) in [5.41, 5.74) is -0.339. The highest BCUT2D eigenvalue weighted by molar-refractivity contribution is 5.85. The van der Waals surface area contributed by atoms with Crippen LogP contribution in [0.25, 0.3) is 0 Å². The fourth-order valence-electron chi connectivity index (χ4n) is 1.14. The average Bonchev–Trinajstić information content (AvgIpc) is 2.14. The molecule has 0 fully saturated rings. The van der Waals surface area contributed by atoms with E-state index in [2.05, 4.69) is 0 Å². The molecule has 0 saturated carbocycles. The van der Waals surface area contributed by atoms with Crippen LogP contribution in [0.5, 0.6) is 0 Å². The molecule has 0 radical (unpaired) electrons. The number of carboxylic acids is 1. The summed E-state index contributed by atoms with van der Waals surface area (Å²) in [5, 5.41) is 26.6. The van der Waals surface area contributed by atoms with Crippen molar-refractivity contribution < 1.29 is 20.1 Å². The average molecular weight is 246 g/mol. The van der Waals surface area contributed by atoms with E-state index in [4.69, 9.17) is 5.11 Å². The Balaban J connectivity index is 0. The van der Waals surface area contributed by atoms with Gasteiger partial charge in [-0.15, -0.1) is 0 Å². The zero-order valence-electron chi connectivity index (χ0n) is 11.5. The van der Waals surface area contributed by atoms with Crippen molar-refractivity contribution in [2.24, 2.45) is 0 Å². The number of carbonyl (C=O) groups is 1. The van der Waals surface area contributed by atoms with E-state index in [1.165, 1.54) is 0 Å². The van der Waals surface area contributed by atoms with Crippen LogP contribution < -0.4 is 0 Å². The maximum absolute atomic E-state index is 9.86. The molecule has 17 heavy (non-hydrogen) atoms. The molecule has 1 unspecified atom stereocenters. The standard InChI is InChI=1S/C8H18O2.C5H8O2/c1-4-5-7(9)6-8(2,3)10;1-3-4(2)5(6)7/h7,9-10H,4-6H2,1-3H3;3H,1-2H3,(H,6,7). The van der Waals surface area contributed by atoms with E-state index in [1.54, 1.807) is 33.8 Å². The largest absolute Gasteiger partial charge is 0.478 e. The quantitative estimate of drug-likeness (QED) is 0.651. The third-order valence-electron chi connectivity index (χ3n) is 2.13. The number of allylic oxidation sites excluding steroid dienone is 1. The Hall–Kier alpha value is -0.870. The van der Waals surface area contributed by atoms with Crippen molar-refractivity contribution in [3.8, 4) is 0 Å². The van der Waals surface area contributed by atoms with Crippen LogP contribution in [0.15, 0.2) is 11.6 Å². The lowest BCUT2D eigenvalue weighted by Crippen LogP contribution is -2.25. The van der Waals surface area contributed by atoms with Crippen LogP contribution in [-0.4, -0.2) is 33.0 Å². The second-order valence-corrected chi connectivity index (χ2v) is 4.74. The highest BCUT2D eigenvalue weighted by Crippen LogP contribution is 2.13. The Morgan fingerprint density at radius 2 is 1.88 bits per heavy atom. The second kappa shape index (κ2) is 9.19. The first-order chi connectivity index (χ1) is 7.64. The van der Waals surface area contributed by atoms with Gasteiger partial charge in [0.25, 0.3) is 0 Å². The molecule has 3 N–H and O–H groups in total. The zero-order valence-corrected chi connectivity index (χ0v) is 11.5. The molecular weight excluding hydrogens is 220 g/mol. The van der Waals surface area contributed by atoms with Crippen molar-refractivity contribution in [3.63, 3.8) is 0 Å². The van der Waals surface area contributed by atoms with Crippen molar-refractivity contribution in [2.45, 2.75) is 65.6 Å². The maximum atomic E-state index is 9.86. The topological polar surface area (TPSA) is 77.8 Å². The summed E-state index contributed by atoms with van der Waals surface area (Å²) in [6.07, 6.45) is 3.44. The van der Waals surface area contributed by atoms with Gasteiger partial charge in [0, 0.05) is 12.0 Å². The number of hydrogen-bond donors (Lipinski definition) is 3. The molecule has 1 atom stereocenters. The molecule has 0 amide bonds. The fraction of sp³-hybridized carbons (Fsp3) is 0.769. The fourth-order valence-corrected chi connectivity index (χ4v) is 1.14. The molecule has 0 heterocycles. The summed E-state index contributed by atoms with van der Waals surface area (Å²) in [4.78, 5) is 9.86. The van der Waals surface area contributed by atoms with Crippen molar-refractivity contribution in [3.05, 3.63) is 11.6 Å². The minimum atomic E-state index is -0.845. The zero-order chi connectivity index (χ0) is 14.1. The minimum Gasteiger partial charge on any atom is -0.478 e. The highest BCUT2D eigenvalue weighted by Gasteiger charge is 2.17. The lowest BCUT2D eigenvalue weighted by Gasteiger charge is -2.20. The number of rotatable bonds is 5. The third-order valence-corrected chi connectivity index (χ3v) is 2.13. The lowest BCUT2D eigenvalue weighted by atomic mass is 9.99. The van der Waals surface area contributed by atoms with Gasteiger partial charge >= 0.3 is 5.97 Å². The molecule has 0 aromatic carbocycles. The Morgan fingerprint density at radius 3 is 2.06 bits per heavy atom. The summed E-state index contributed by atoms with van der Waals surface area (Å²) in [6.45, 7) is 8.71. The summed E-state index contributed by atoms with van der Waals surface area (Å²) in [7, 11) is 0. The summed E-state index contributed by atoms with van der Waals surface area (Å²) in [6, 6.07) is 0. The van der Waals surface area contributed by atoms with Crippen molar-refractivity contribution in [2.75, 3.05) is 0 Å². The monoisotopic (exact) mass is 246 g/mol. The molecule has 0 rings (SSSR count). The van der Waals surface area contributed by atoms with Gasteiger partial charge in [0.05, 0.1) is 11.7 Å². The van der Waals surface area contributed by atoms with E-state index >= 15 is 0 Å². The Kier molecular flexibility index (Phi) is 10.00. The van der Waals surface area contributed by atoms with Crippen LogP contribution in [0.3, 0.4) is 0 Å². The molecule has 0 saturated heterocycles. The number of hydrogen-bond acceptors (Lipinski definition) is 3. The van der Waals surface area contributed by atoms with Crippen LogP contribution in [0.2, 0.25) is 0 Å². The predicted molar refractivity (Wildman–Crippen MR) is 68.9 cm³/mol. The lowest BCUT2D eigenvalue weighted by molar-refractivity contribution is -0.132. The summed E-state index contributed by atoms with van der Waals surface area (Å²) >= 11 is 0. The van der Waals surface area contributed by atoms with Gasteiger partial charge in [-0.3, -0.25) is 0 Å². The molecule has 0 aliphatic heterocycles. The Labute approximate surface area is 104 Å².